The minimum atomic E-state index is -0.855. The third-order valence-electron chi connectivity index (χ3n) is 6.30. The molecule has 0 bridgehead atoms. The highest BCUT2D eigenvalue weighted by Gasteiger charge is 2.36. The molecule has 0 aromatic heterocycles. The Morgan fingerprint density at radius 1 is 1.06 bits per heavy atom. The van der Waals surface area contributed by atoms with Crippen LogP contribution in [-0.4, -0.2) is 67.4 Å². The van der Waals surface area contributed by atoms with Crippen molar-refractivity contribution >= 4 is 18.0 Å². The van der Waals surface area contributed by atoms with E-state index in [4.69, 9.17) is 14.6 Å². The van der Waals surface area contributed by atoms with E-state index in [1.165, 1.54) is 7.11 Å². The van der Waals surface area contributed by atoms with Gasteiger partial charge in [0.2, 0.25) is 5.91 Å². The van der Waals surface area contributed by atoms with E-state index in [0.29, 0.717) is 19.5 Å². The highest BCUT2D eigenvalue weighted by molar-refractivity contribution is 5.86. The Balaban J connectivity index is 1.33. The van der Waals surface area contributed by atoms with Gasteiger partial charge in [-0.1, -0.05) is 48.5 Å². The molecule has 8 nitrogen and oxygen atoms in total. The normalized spacial score (nSPS) is 15.8. The molecule has 4 rings (SSSR count). The molecule has 2 aromatic carbocycles. The zero-order valence-corrected chi connectivity index (χ0v) is 18.5. The van der Waals surface area contributed by atoms with Gasteiger partial charge in [-0.3, -0.25) is 9.59 Å². The smallest absolute Gasteiger partial charge is 0.407 e. The SMILES string of the molecule is COCC(NC(=O)OCC1c2ccccc2-c2ccccc21)C(=O)N1CC(CCC(=O)O)C1. The quantitative estimate of drug-likeness (QED) is 0.606. The second kappa shape index (κ2) is 10.0. The van der Waals surface area contributed by atoms with Gasteiger partial charge in [0, 0.05) is 32.5 Å². The molecule has 0 radical (unpaired) electrons. The number of nitrogens with one attached hydrogen (secondary N) is 1. The monoisotopic (exact) mass is 452 g/mol. The van der Waals surface area contributed by atoms with E-state index >= 15 is 0 Å². The van der Waals surface area contributed by atoms with Crippen LogP contribution in [0.4, 0.5) is 4.79 Å². The third-order valence-corrected chi connectivity index (χ3v) is 6.30. The minimum Gasteiger partial charge on any atom is -0.481 e. The lowest BCUT2D eigenvalue weighted by atomic mass is 9.94. The molecule has 33 heavy (non-hydrogen) atoms. The summed E-state index contributed by atoms with van der Waals surface area (Å²) in [7, 11) is 1.46. The second-order valence-electron chi connectivity index (χ2n) is 8.52. The van der Waals surface area contributed by atoms with Crippen molar-refractivity contribution in [1.29, 1.82) is 0 Å². The van der Waals surface area contributed by atoms with Gasteiger partial charge in [0.05, 0.1) is 6.61 Å². The number of carbonyl (C=O) groups is 3. The van der Waals surface area contributed by atoms with Gasteiger partial charge in [-0.05, 0) is 34.6 Å². The molecule has 174 valence electrons. The number of alkyl carbamates (subject to hydrolysis) is 1. The number of hydrogen-bond acceptors (Lipinski definition) is 5. The maximum atomic E-state index is 12.8. The first-order valence-corrected chi connectivity index (χ1v) is 11.1. The fourth-order valence-electron chi connectivity index (χ4n) is 4.60. The number of benzene rings is 2. The number of fused-ring (bicyclic) bond motifs is 3. The van der Waals surface area contributed by atoms with E-state index in [2.05, 4.69) is 17.4 Å². The summed E-state index contributed by atoms with van der Waals surface area (Å²) in [5, 5.41) is 11.4. The van der Waals surface area contributed by atoms with Crippen LogP contribution in [0.3, 0.4) is 0 Å². The number of nitrogens with zero attached hydrogens (tertiary/aromatic N) is 1. The molecule has 1 unspecified atom stereocenters. The molecular weight excluding hydrogens is 424 g/mol. The van der Waals surface area contributed by atoms with Gasteiger partial charge in [0.1, 0.15) is 12.6 Å². The Kier molecular flexibility index (Phi) is 6.93. The van der Waals surface area contributed by atoms with Crippen LogP contribution >= 0.6 is 0 Å². The summed E-state index contributed by atoms with van der Waals surface area (Å²) in [4.78, 5) is 37.7. The van der Waals surface area contributed by atoms with Crippen LogP contribution in [0.15, 0.2) is 48.5 Å². The average Bonchev–Trinajstić information content (AvgIpc) is 3.10. The van der Waals surface area contributed by atoms with Gasteiger partial charge in [-0.2, -0.15) is 0 Å². The Morgan fingerprint density at radius 3 is 2.24 bits per heavy atom. The summed E-state index contributed by atoms with van der Waals surface area (Å²) in [6.45, 7) is 1.16. The summed E-state index contributed by atoms with van der Waals surface area (Å²) < 4.78 is 10.7. The van der Waals surface area contributed by atoms with Crippen molar-refractivity contribution in [2.45, 2.75) is 24.8 Å². The molecule has 2 aliphatic rings. The number of aliphatic carboxylic acids is 1. The number of amides is 2. The number of carbonyl (C=O) groups excluding carboxylic acids is 2. The number of hydrogen-bond donors (Lipinski definition) is 2. The number of likely N-dealkylation sites (tertiary alicyclic amines) is 1. The molecule has 8 heteroatoms. The predicted molar refractivity (Wildman–Crippen MR) is 121 cm³/mol. The number of ether oxygens (including phenoxy) is 2. The standard InChI is InChI=1S/C25H28N2O6/c1-32-15-22(24(30)27-12-16(13-27)10-11-23(28)29)26-25(31)33-14-21-19-8-4-2-6-17(19)18-7-3-5-9-20(18)21/h2-9,16,21-22H,10-15H2,1H3,(H,26,31)(H,28,29). The molecule has 1 atom stereocenters. The van der Waals surface area contributed by atoms with E-state index < -0.39 is 18.1 Å². The van der Waals surface area contributed by atoms with Crippen LogP contribution in [0, 0.1) is 5.92 Å². The Morgan fingerprint density at radius 2 is 1.67 bits per heavy atom. The molecule has 0 saturated carbocycles. The first kappa shape index (κ1) is 22.8. The van der Waals surface area contributed by atoms with Gasteiger partial charge in [-0.15, -0.1) is 0 Å². The van der Waals surface area contributed by atoms with Crippen molar-refractivity contribution in [2.75, 3.05) is 33.4 Å². The Hall–Kier alpha value is -3.39. The Bertz CT molecular complexity index is 988. The van der Waals surface area contributed by atoms with Crippen molar-refractivity contribution in [2.24, 2.45) is 5.92 Å². The molecule has 2 N–H and O–H groups in total. The summed E-state index contributed by atoms with van der Waals surface area (Å²) in [6.07, 6.45) is -0.0460. The molecule has 1 heterocycles. The van der Waals surface area contributed by atoms with Gasteiger partial charge in [0.15, 0.2) is 0 Å². The second-order valence-corrected chi connectivity index (χ2v) is 8.52. The summed E-state index contributed by atoms with van der Waals surface area (Å²) in [5.74, 6) is -0.987. The zero-order valence-electron chi connectivity index (χ0n) is 18.5. The highest BCUT2D eigenvalue weighted by atomic mass is 16.5. The molecular formula is C25H28N2O6. The topological polar surface area (TPSA) is 105 Å². The lowest BCUT2D eigenvalue weighted by molar-refractivity contribution is -0.142. The summed E-state index contributed by atoms with van der Waals surface area (Å²) >= 11 is 0. The fourth-order valence-corrected chi connectivity index (χ4v) is 4.60. The van der Waals surface area contributed by atoms with Gasteiger partial charge in [0.25, 0.3) is 0 Å². The van der Waals surface area contributed by atoms with E-state index in [1.807, 2.05) is 36.4 Å². The van der Waals surface area contributed by atoms with Crippen LogP contribution < -0.4 is 5.32 Å². The number of rotatable bonds is 9. The average molecular weight is 453 g/mol. The Labute approximate surface area is 192 Å². The van der Waals surface area contributed by atoms with Gasteiger partial charge in [-0.25, -0.2) is 4.79 Å². The van der Waals surface area contributed by atoms with Crippen LogP contribution in [0.25, 0.3) is 11.1 Å². The lowest BCUT2D eigenvalue weighted by Gasteiger charge is -2.41. The highest BCUT2D eigenvalue weighted by Crippen LogP contribution is 2.44. The lowest BCUT2D eigenvalue weighted by Crippen LogP contribution is -2.58. The van der Waals surface area contributed by atoms with Crippen molar-refractivity contribution < 1.29 is 29.0 Å². The largest absolute Gasteiger partial charge is 0.481 e. The first-order chi connectivity index (χ1) is 16.0. The van der Waals surface area contributed by atoms with E-state index in [1.54, 1.807) is 4.90 Å². The maximum Gasteiger partial charge on any atom is 0.407 e. The van der Waals surface area contributed by atoms with E-state index in [-0.39, 0.29) is 37.4 Å². The van der Waals surface area contributed by atoms with Crippen molar-refractivity contribution in [3.63, 3.8) is 0 Å². The van der Waals surface area contributed by atoms with E-state index in [0.717, 1.165) is 22.3 Å². The first-order valence-electron chi connectivity index (χ1n) is 11.1. The van der Waals surface area contributed by atoms with Gasteiger partial charge < -0.3 is 24.8 Å². The van der Waals surface area contributed by atoms with Crippen molar-refractivity contribution in [3.8, 4) is 11.1 Å². The molecule has 2 aromatic rings. The van der Waals surface area contributed by atoms with Gasteiger partial charge >= 0.3 is 12.1 Å². The molecule has 1 fully saturated rings. The zero-order chi connectivity index (χ0) is 23.4. The van der Waals surface area contributed by atoms with Crippen LogP contribution in [0.5, 0.6) is 0 Å². The van der Waals surface area contributed by atoms with Crippen molar-refractivity contribution in [3.05, 3.63) is 59.7 Å². The third kappa shape index (κ3) is 5.01. The molecule has 2 amide bonds. The van der Waals surface area contributed by atoms with E-state index in [9.17, 15) is 14.4 Å². The summed E-state index contributed by atoms with van der Waals surface area (Å²) in [6, 6.07) is 15.3. The number of carboxylic acid groups (broad SMARTS) is 1. The molecule has 1 aliphatic heterocycles. The molecule has 1 aliphatic carbocycles. The summed E-state index contributed by atoms with van der Waals surface area (Å²) in [5.41, 5.74) is 4.52. The van der Waals surface area contributed by atoms with Crippen LogP contribution in [0.1, 0.15) is 29.9 Å². The molecule has 0 spiro atoms. The van der Waals surface area contributed by atoms with Crippen LogP contribution in [0.2, 0.25) is 0 Å². The predicted octanol–water partition coefficient (Wildman–Crippen LogP) is 2.86. The molecule has 1 saturated heterocycles. The number of methoxy groups -OCH3 is 1. The minimum absolute atomic E-state index is 0.0271. The number of carboxylic acids is 1. The van der Waals surface area contributed by atoms with Crippen LogP contribution in [-0.2, 0) is 19.1 Å². The van der Waals surface area contributed by atoms with Crippen molar-refractivity contribution in [1.82, 2.24) is 10.2 Å². The maximum absolute atomic E-state index is 12.8. The fraction of sp³-hybridized carbons (Fsp3) is 0.400.